The van der Waals surface area contributed by atoms with Crippen molar-refractivity contribution in [2.45, 2.75) is 43.8 Å². The summed E-state index contributed by atoms with van der Waals surface area (Å²) in [4.78, 5) is 24.1. The Balaban J connectivity index is 2.25. The number of imide groups is 1. The lowest BCUT2D eigenvalue weighted by atomic mass is 9.87. The van der Waals surface area contributed by atoms with E-state index >= 15 is 0 Å². The van der Waals surface area contributed by atoms with Gasteiger partial charge in [0.2, 0.25) is 5.91 Å². The number of thiol groups is 1. The van der Waals surface area contributed by atoms with Crippen LogP contribution >= 0.6 is 15.9 Å². The Hall–Kier alpha value is -1.41. The molecule has 1 unspecified atom stereocenters. The van der Waals surface area contributed by atoms with Crippen LogP contribution in [0, 0.1) is 5.92 Å². The topological polar surface area (TPSA) is 92.3 Å². The summed E-state index contributed by atoms with van der Waals surface area (Å²) in [5, 5.41) is 4.76. The maximum atomic E-state index is 12.6. The van der Waals surface area contributed by atoms with E-state index in [-0.39, 0.29) is 11.7 Å². The molecule has 1 fully saturated rings. The van der Waals surface area contributed by atoms with Crippen molar-refractivity contribution in [3.05, 3.63) is 33.8 Å². The lowest BCUT2D eigenvalue weighted by Crippen LogP contribution is -2.40. The summed E-state index contributed by atoms with van der Waals surface area (Å²) in [7, 11) is -1.06. The molecule has 0 aliphatic heterocycles. The third kappa shape index (κ3) is 5.81. The first-order valence-electron chi connectivity index (χ1n) is 8.33. The molecular weight excluding hydrogens is 408 g/mol. The second-order valence-electron chi connectivity index (χ2n) is 6.35. The van der Waals surface area contributed by atoms with Crippen LogP contribution < -0.4 is 10.6 Å². The largest absolute Gasteiger partial charge is 0.341 e. The number of hydrogen-bond acceptors (Lipinski definition) is 4. The monoisotopic (exact) mass is 430 g/mol. The van der Waals surface area contributed by atoms with E-state index in [0.717, 1.165) is 18.4 Å². The van der Waals surface area contributed by atoms with E-state index in [4.69, 9.17) is 0 Å². The minimum atomic E-state index is -2.52. The molecule has 8 heteroatoms. The first-order chi connectivity index (χ1) is 11.9. The lowest BCUT2D eigenvalue weighted by Gasteiger charge is -2.21. The van der Waals surface area contributed by atoms with Crippen molar-refractivity contribution in [1.29, 1.82) is 0 Å². The molecule has 0 heterocycles. The molecule has 0 saturated heterocycles. The molecule has 2 N–H and O–H groups in total. The predicted octanol–water partition coefficient (Wildman–Crippen LogP) is 2.68. The van der Waals surface area contributed by atoms with Crippen molar-refractivity contribution in [2.24, 2.45) is 5.92 Å². The van der Waals surface area contributed by atoms with Crippen LogP contribution in [0.4, 0.5) is 4.79 Å². The van der Waals surface area contributed by atoms with Crippen molar-refractivity contribution >= 4 is 38.6 Å². The van der Waals surface area contributed by atoms with Gasteiger partial charge in [-0.15, -0.1) is 0 Å². The molecule has 0 bridgehead atoms. The van der Waals surface area contributed by atoms with Crippen LogP contribution in [0.5, 0.6) is 0 Å². The van der Waals surface area contributed by atoms with Crippen molar-refractivity contribution in [3.8, 4) is 0 Å². The summed E-state index contributed by atoms with van der Waals surface area (Å²) in [6.07, 6.45) is 5.23. The number of carbonyl (C=O) groups is 2. The van der Waals surface area contributed by atoms with Crippen LogP contribution in [0.25, 0.3) is 0 Å². The smallest absolute Gasteiger partial charge is 0.321 e. The van der Waals surface area contributed by atoms with Crippen LogP contribution in [0.15, 0.2) is 22.7 Å². The van der Waals surface area contributed by atoms with Crippen LogP contribution in [0.2, 0.25) is 0 Å². The third-order valence-corrected chi connectivity index (χ3v) is 5.94. The molecule has 25 heavy (non-hydrogen) atoms. The van der Waals surface area contributed by atoms with Gasteiger partial charge in [-0.25, -0.2) is 13.2 Å². The SMILES string of the molecule is CNC(=O)NC(=O)C(CC1CCCC1)c1ccc(C[SH](=O)=O)c(Br)c1. The molecule has 0 radical (unpaired) electrons. The van der Waals surface area contributed by atoms with Gasteiger partial charge in [-0.3, -0.25) is 10.1 Å². The van der Waals surface area contributed by atoms with E-state index in [1.54, 1.807) is 18.2 Å². The number of hydrogen-bond donors (Lipinski definition) is 3. The number of rotatable bonds is 6. The van der Waals surface area contributed by atoms with Gasteiger partial charge in [0, 0.05) is 11.5 Å². The van der Waals surface area contributed by atoms with E-state index in [1.165, 1.54) is 19.9 Å². The number of nitrogens with one attached hydrogen (secondary N) is 2. The summed E-state index contributed by atoms with van der Waals surface area (Å²) >= 11 is 3.39. The number of urea groups is 1. The normalized spacial score (nSPS) is 16.0. The molecule has 138 valence electrons. The molecule has 3 amide bonds. The number of benzene rings is 1. The average molecular weight is 431 g/mol. The van der Waals surface area contributed by atoms with Gasteiger partial charge in [-0.05, 0) is 29.5 Å². The minimum Gasteiger partial charge on any atom is -0.341 e. The van der Waals surface area contributed by atoms with Gasteiger partial charge in [0.15, 0.2) is 0 Å². The van der Waals surface area contributed by atoms with E-state index in [0.29, 0.717) is 22.4 Å². The lowest BCUT2D eigenvalue weighted by molar-refractivity contribution is -0.121. The Morgan fingerprint density at radius 2 is 1.96 bits per heavy atom. The molecule has 1 aromatic rings. The highest BCUT2D eigenvalue weighted by molar-refractivity contribution is 9.10. The zero-order valence-electron chi connectivity index (χ0n) is 14.1. The van der Waals surface area contributed by atoms with Gasteiger partial charge >= 0.3 is 6.03 Å². The molecule has 1 aliphatic carbocycles. The number of amides is 3. The van der Waals surface area contributed by atoms with Crippen molar-refractivity contribution in [2.75, 3.05) is 7.05 Å². The maximum absolute atomic E-state index is 12.6. The third-order valence-electron chi connectivity index (χ3n) is 4.60. The number of carbonyl (C=O) groups excluding carboxylic acids is 2. The van der Waals surface area contributed by atoms with Gasteiger partial charge in [-0.1, -0.05) is 53.7 Å². The summed E-state index contributed by atoms with van der Waals surface area (Å²) in [5.41, 5.74) is 1.44. The van der Waals surface area contributed by atoms with Gasteiger partial charge in [-0.2, -0.15) is 0 Å². The summed E-state index contributed by atoms with van der Waals surface area (Å²) in [6.45, 7) is 0. The molecular formula is C17H23BrN2O4S. The van der Waals surface area contributed by atoms with Crippen LogP contribution in [0.3, 0.4) is 0 Å². The Kier molecular flexibility index (Phi) is 7.43. The molecule has 0 aromatic heterocycles. The molecule has 1 saturated carbocycles. The van der Waals surface area contributed by atoms with Crippen LogP contribution in [-0.2, 0) is 21.3 Å². The highest BCUT2D eigenvalue weighted by atomic mass is 79.9. The fraction of sp³-hybridized carbons (Fsp3) is 0.529. The van der Waals surface area contributed by atoms with Crippen LogP contribution in [0.1, 0.15) is 49.1 Å². The predicted molar refractivity (Wildman–Crippen MR) is 100 cm³/mol. The van der Waals surface area contributed by atoms with Gasteiger partial charge in [0.1, 0.15) is 10.7 Å². The van der Waals surface area contributed by atoms with Crippen molar-refractivity contribution < 1.29 is 18.0 Å². The summed E-state index contributed by atoms with van der Waals surface area (Å²) in [6, 6.07) is 4.76. The van der Waals surface area contributed by atoms with Crippen molar-refractivity contribution in [3.63, 3.8) is 0 Å². The highest BCUT2D eigenvalue weighted by Gasteiger charge is 2.28. The first kappa shape index (κ1) is 19.9. The average Bonchev–Trinajstić information content (AvgIpc) is 3.07. The molecule has 2 rings (SSSR count). The van der Waals surface area contributed by atoms with Gasteiger partial charge < -0.3 is 5.32 Å². The summed E-state index contributed by atoms with van der Waals surface area (Å²) < 4.78 is 22.5. The summed E-state index contributed by atoms with van der Waals surface area (Å²) in [5.74, 6) is -0.351. The van der Waals surface area contributed by atoms with Crippen molar-refractivity contribution in [1.82, 2.24) is 10.6 Å². The minimum absolute atomic E-state index is 0.0477. The molecule has 0 spiro atoms. The van der Waals surface area contributed by atoms with E-state index < -0.39 is 22.7 Å². The molecule has 1 aromatic carbocycles. The van der Waals surface area contributed by atoms with E-state index in [9.17, 15) is 18.0 Å². The van der Waals surface area contributed by atoms with Gasteiger partial charge in [0.25, 0.3) is 0 Å². The molecule has 1 aliphatic rings. The zero-order valence-corrected chi connectivity index (χ0v) is 16.6. The van der Waals surface area contributed by atoms with E-state index in [2.05, 4.69) is 26.6 Å². The zero-order chi connectivity index (χ0) is 18.4. The quantitative estimate of drug-likeness (QED) is 0.604. The fourth-order valence-electron chi connectivity index (χ4n) is 3.28. The van der Waals surface area contributed by atoms with E-state index in [1.807, 2.05) is 0 Å². The Labute approximate surface area is 157 Å². The highest BCUT2D eigenvalue weighted by Crippen LogP contribution is 2.35. The molecule has 6 nitrogen and oxygen atoms in total. The Morgan fingerprint density at radius 3 is 2.52 bits per heavy atom. The fourth-order valence-corrected chi connectivity index (χ4v) is 4.59. The Morgan fingerprint density at radius 1 is 1.28 bits per heavy atom. The molecule has 1 atom stereocenters. The standard InChI is InChI=1S/C17H23BrN2O4S/c1-19-17(22)20-16(21)14(8-11-4-2-3-5-11)12-6-7-13(10-25(23)24)15(18)9-12/h6-7,9,11,14,25H,2-5,8,10H2,1H3,(H2,19,20,21,22). The van der Waals surface area contributed by atoms with Crippen LogP contribution in [-0.4, -0.2) is 27.4 Å². The maximum Gasteiger partial charge on any atom is 0.321 e. The van der Waals surface area contributed by atoms with Gasteiger partial charge in [0.05, 0.1) is 11.7 Å². The first-order valence-corrected chi connectivity index (χ1v) is 10.5. The second kappa shape index (κ2) is 9.33. The number of halogens is 1. The second-order valence-corrected chi connectivity index (χ2v) is 8.18. The Bertz CT molecular complexity index is 707.